The maximum absolute atomic E-state index is 12.2. The first-order valence-corrected chi connectivity index (χ1v) is 6.39. The molecular weight excluding hydrogens is 258 g/mol. The zero-order chi connectivity index (χ0) is 15.3. The Morgan fingerprint density at radius 2 is 2.00 bits per heavy atom. The number of nitrogens with one attached hydrogen (secondary N) is 1. The Morgan fingerprint density at radius 1 is 1.35 bits per heavy atom. The maximum Gasteiger partial charge on any atom is 0.257 e. The monoisotopic (exact) mass is 279 g/mol. The van der Waals surface area contributed by atoms with E-state index in [-0.39, 0.29) is 18.0 Å². The van der Waals surface area contributed by atoms with Crippen LogP contribution in [0.4, 0.5) is 5.69 Å². The van der Waals surface area contributed by atoms with E-state index in [0.717, 1.165) is 0 Å². The number of ether oxygens (including phenoxy) is 1. The van der Waals surface area contributed by atoms with Crippen LogP contribution in [-0.2, 0) is 4.79 Å². The number of hydrogen-bond donors (Lipinski definition) is 3. The van der Waals surface area contributed by atoms with Crippen LogP contribution in [0.25, 0.3) is 0 Å². The van der Waals surface area contributed by atoms with Crippen LogP contribution in [0.15, 0.2) is 18.2 Å². The van der Waals surface area contributed by atoms with E-state index in [9.17, 15) is 9.59 Å². The number of nitrogens with two attached hydrogens (primary N) is 2. The Kier molecular flexibility index (Phi) is 4.96. The van der Waals surface area contributed by atoms with Crippen molar-refractivity contribution in [2.75, 3.05) is 18.9 Å². The third kappa shape index (κ3) is 3.63. The van der Waals surface area contributed by atoms with Crippen LogP contribution in [-0.4, -0.2) is 25.0 Å². The van der Waals surface area contributed by atoms with E-state index < -0.39 is 11.3 Å². The van der Waals surface area contributed by atoms with Gasteiger partial charge in [-0.3, -0.25) is 9.59 Å². The highest BCUT2D eigenvalue weighted by molar-refractivity contribution is 6.02. The molecule has 6 heteroatoms. The normalized spacial score (nSPS) is 10.9. The second-order valence-corrected chi connectivity index (χ2v) is 5.08. The number of rotatable bonds is 6. The van der Waals surface area contributed by atoms with E-state index in [2.05, 4.69) is 5.32 Å². The van der Waals surface area contributed by atoms with Crippen molar-refractivity contribution in [3.63, 3.8) is 0 Å². The molecule has 110 valence electrons. The molecule has 0 saturated carbocycles. The predicted molar refractivity (Wildman–Crippen MR) is 77.3 cm³/mol. The summed E-state index contributed by atoms with van der Waals surface area (Å²) in [6.07, 6.45) is 0. The second kappa shape index (κ2) is 6.27. The molecule has 20 heavy (non-hydrogen) atoms. The molecule has 0 aliphatic rings. The smallest absolute Gasteiger partial charge is 0.257 e. The van der Waals surface area contributed by atoms with Crippen LogP contribution in [0.5, 0.6) is 5.75 Å². The molecule has 0 radical (unpaired) electrons. The predicted octanol–water partition coefficient (Wildman–Crippen LogP) is 0.909. The lowest BCUT2D eigenvalue weighted by molar-refractivity contribution is -0.125. The molecule has 0 atom stereocenters. The minimum Gasteiger partial charge on any atom is -0.493 e. The Morgan fingerprint density at radius 3 is 2.55 bits per heavy atom. The van der Waals surface area contributed by atoms with E-state index >= 15 is 0 Å². The van der Waals surface area contributed by atoms with Crippen molar-refractivity contribution >= 4 is 17.5 Å². The van der Waals surface area contributed by atoms with E-state index in [1.807, 2.05) is 6.92 Å². The lowest BCUT2D eigenvalue weighted by atomic mass is 9.92. The number of benzene rings is 1. The van der Waals surface area contributed by atoms with Gasteiger partial charge in [-0.2, -0.15) is 0 Å². The molecule has 0 heterocycles. The van der Waals surface area contributed by atoms with E-state index in [0.29, 0.717) is 18.0 Å². The van der Waals surface area contributed by atoms with Crippen LogP contribution in [0, 0.1) is 5.41 Å². The third-order valence-corrected chi connectivity index (χ3v) is 2.94. The standard InChI is InChI=1S/C14H21N3O3/c1-4-20-10-7-5-6-9(15)11(10)12(18)17-8-14(2,3)13(16)19/h5-7H,4,8,15H2,1-3H3,(H2,16,19)(H,17,18). The molecule has 6 nitrogen and oxygen atoms in total. The van der Waals surface area contributed by atoms with Crippen molar-refractivity contribution in [3.05, 3.63) is 23.8 Å². The summed E-state index contributed by atoms with van der Waals surface area (Å²) in [6, 6.07) is 5.01. The zero-order valence-electron chi connectivity index (χ0n) is 12.0. The van der Waals surface area contributed by atoms with Crippen LogP contribution in [0.3, 0.4) is 0 Å². The van der Waals surface area contributed by atoms with Gasteiger partial charge in [0.25, 0.3) is 5.91 Å². The molecule has 0 bridgehead atoms. The van der Waals surface area contributed by atoms with Gasteiger partial charge >= 0.3 is 0 Å². The highest BCUT2D eigenvalue weighted by atomic mass is 16.5. The van der Waals surface area contributed by atoms with Crippen LogP contribution >= 0.6 is 0 Å². The Bertz CT molecular complexity index is 512. The molecular formula is C14H21N3O3. The fourth-order valence-electron chi connectivity index (χ4n) is 1.54. The molecule has 2 amide bonds. The first-order valence-electron chi connectivity index (χ1n) is 6.39. The molecule has 0 unspecified atom stereocenters. The summed E-state index contributed by atoms with van der Waals surface area (Å²) in [5.41, 5.74) is 10.9. The molecule has 0 aromatic heterocycles. The third-order valence-electron chi connectivity index (χ3n) is 2.94. The minimum absolute atomic E-state index is 0.126. The average molecular weight is 279 g/mol. The summed E-state index contributed by atoms with van der Waals surface area (Å²) in [7, 11) is 0. The Labute approximate surface area is 118 Å². The highest BCUT2D eigenvalue weighted by Crippen LogP contribution is 2.24. The average Bonchev–Trinajstić information content (AvgIpc) is 2.36. The lowest BCUT2D eigenvalue weighted by Gasteiger charge is -2.21. The molecule has 5 N–H and O–H groups in total. The minimum atomic E-state index is -0.828. The molecule has 0 fully saturated rings. The number of hydrogen-bond acceptors (Lipinski definition) is 4. The first-order chi connectivity index (χ1) is 9.29. The summed E-state index contributed by atoms with van der Waals surface area (Å²) >= 11 is 0. The SMILES string of the molecule is CCOc1cccc(N)c1C(=O)NCC(C)(C)C(N)=O. The number of carbonyl (C=O) groups is 2. The fourth-order valence-corrected chi connectivity index (χ4v) is 1.54. The van der Waals surface area contributed by atoms with E-state index in [4.69, 9.17) is 16.2 Å². The molecule has 1 rings (SSSR count). The van der Waals surface area contributed by atoms with Crippen LogP contribution in [0.2, 0.25) is 0 Å². The molecule has 0 aliphatic heterocycles. The van der Waals surface area contributed by atoms with Gasteiger partial charge in [0, 0.05) is 12.2 Å². The number of anilines is 1. The van der Waals surface area contributed by atoms with Crippen molar-refractivity contribution in [1.82, 2.24) is 5.32 Å². The summed E-state index contributed by atoms with van der Waals surface area (Å²) in [4.78, 5) is 23.4. The number of carbonyl (C=O) groups excluding carboxylic acids is 2. The van der Waals surface area contributed by atoms with Crippen LogP contribution in [0.1, 0.15) is 31.1 Å². The topological polar surface area (TPSA) is 107 Å². The van der Waals surface area contributed by atoms with Gasteiger partial charge < -0.3 is 21.5 Å². The van der Waals surface area contributed by atoms with Gasteiger partial charge in [0.2, 0.25) is 5.91 Å². The molecule has 0 spiro atoms. The zero-order valence-corrected chi connectivity index (χ0v) is 12.0. The summed E-state index contributed by atoms with van der Waals surface area (Å²) < 4.78 is 5.39. The van der Waals surface area contributed by atoms with Gasteiger partial charge in [-0.1, -0.05) is 6.07 Å². The summed E-state index contributed by atoms with van der Waals surface area (Å²) in [6.45, 7) is 5.69. The van der Waals surface area contributed by atoms with Gasteiger partial charge in [0.05, 0.1) is 12.0 Å². The fraction of sp³-hybridized carbons (Fsp3) is 0.429. The number of nitrogen functional groups attached to an aromatic ring is 1. The van der Waals surface area contributed by atoms with Gasteiger partial charge in [-0.15, -0.1) is 0 Å². The van der Waals surface area contributed by atoms with Crippen molar-refractivity contribution in [3.8, 4) is 5.75 Å². The van der Waals surface area contributed by atoms with Crippen molar-refractivity contribution in [2.24, 2.45) is 11.1 Å². The maximum atomic E-state index is 12.2. The quantitative estimate of drug-likeness (QED) is 0.672. The number of primary amides is 1. The van der Waals surface area contributed by atoms with E-state index in [1.165, 1.54) is 0 Å². The molecule has 0 saturated heterocycles. The van der Waals surface area contributed by atoms with Crippen molar-refractivity contribution in [2.45, 2.75) is 20.8 Å². The van der Waals surface area contributed by atoms with Gasteiger partial charge in [0.1, 0.15) is 11.3 Å². The van der Waals surface area contributed by atoms with Crippen molar-refractivity contribution in [1.29, 1.82) is 0 Å². The molecule has 1 aromatic carbocycles. The number of amides is 2. The second-order valence-electron chi connectivity index (χ2n) is 5.08. The van der Waals surface area contributed by atoms with E-state index in [1.54, 1.807) is 32.0 Å². The first kappa shape index (κ1) is 15.8. The largest absolute Gasteiger partial charge is 0.493 e. The van der Waals surface area contributed by atoms with Crippen molar-refractivity contribution < 1.29 is 14.3 Å². The highest BCUT2D eigenvalue weighted by Gasteiger charge is 2.26. The van der Waals surface area contributed by atoms with Gasteiger partial charge in [-0.05, 0) is 32.9 Å². The summed E-state index contributed by atoms with van der Waals surface area (Å²) in [5, 5.41) is 2.66. The molecule has 0 aliphatic carbocycles. The molecule has 1 aromatic rings. The lowest BCUT2D eigenvalue weighted by Crippen LogP contribution is -2.42. The summed E-state index contributed by atoms with van der Waals surface area (Å²) in [5.74, 6) is -0.452. The van der Waals surface area contributed by atoms with Gasteiger partial charge in [0.15, 0.2) is 0 Å². The van der Waals surface area contributed by atoms with Crippen LogP contribution < -0.4 is 21.5 Å². The van der Waals surface area contributed by atoms with Gasteiger partial charge in [-0.25, -0.2) is 0 Å². The Hall–Kier alpha value is -2.24. The Balaban J connectivity index is 2.90.